The fraction of sp³-hybridized carbons (Fsp3) is 0.381. The molecule has 1 unspecified atom stereocenters. The smallest absolute Gasteiger partial charge is 0.416 e. The number of amides is 1. The molecule has 1 fully saturated rings. The zero-order valence-corrected chi connectivity index (χ0v) is 16.9. The van der Waals surface area contributed by atoms with Crippen LogP contribution in [-0.4, -0.2) is 50.5 Å². The number of carbonyl (C=O) groups is 1. The van der Waals surface area contributed by atoms with Gasteiger partial charge in [0.1, 0.15) is 11.4 Å². The molecule has 31 heavy (non-hydrogen) atoms. The van der Waals surface area contributed by atoms with E-state index in [1.54, 1.807) is 28.9 Å². The number of H-pyrrole nitrogens is 1. The van der Waals surface area contributed by atoms with Gasteiger partial charge in [0.15, 0.2) is 0 Å². The molecule has 0 aliphatic carbocycles. The highest BCUT2D eigenvalue weighted by Crippen LogP contribution is 2.31. The molecule has 1 N–H and O–H groups in total. The molecule has 1 amide bonds. The summed E-state index contributed by atoms with van der Waals surface area (Å²) in [4.78, 5) is 14.4. The van der Waals surface area contributed by atoms with Gasteiger partial charge in [-0.15, -0.1) is 0 Å². The lowest BCUT2D eigenvalue weighted by molar-refractivity contribution is -0.137. The monoisotopic (exact) mass is 433 g/mol. The summed E-state index contributed by atoms with van der Waals surface area (Å²) in [6.45, 7) is 1.45. The van der Waals surface area contributed by atoms with E-state index in [2.05, 4.69) is 15.3 Å². The minimum atomic E-state index is -4.40. The van der Waals surface area contributed by atoms with E-state index >= 15 is 0 Å². The summed E-state index contributed by atoms with van der Waals surface area (Å²) >= 11 is 0. The molecule has 1 saturated heterocycles. The Bertz CT molecular complexity index is 1060. The van der Waals surface area contributed by atoms with E-state index < -0.39 is 11.7 Å². The summed E-state index contributed by atoms with van der Waals surface area (Å²) in [6.07, 6.45) is -1.50. The SMILES string of the molecule is Cn1nccc1C(=O)N1CCC(c2cc(CCOc3cccc(C(F)(F)F)c3)[nH]n2)C1. The standard InChI is InChI=1S/C21H22F3N5O2/c1-28-19(5-8-25-28)20(30)29-9-6-14(13-29)18-12-16(26-27-18)7-10-31-17-4-2-3-15(11-17)21(22,23)24/h2-5,8,11-12,14H,6-7,9-10,13H2,1H3,(H,26,27). The topological polar surface area (TPSA) is 76.0 Å². The Balaban J connectivity index is 1.30. The molecule has 3 heterocycles. The quantitative estimate of drug-likeness (QED) is 0.647. The number of hydrogen-bond donors (Lipinski definition) is 1. The average molecular weight is 433 g/mol. The van der Waals surface area contributed by atoms with E-state index in [0.29, 0.717) is 25.2 Å². The maximum Gasteiger partial charge on any atom is 0.416 e. The summed E-state index contributed by atoms with van der Waals surface area (Å²) in [5.41, 5.74) is 1.52. The van der Waals surface area contributed by atoms with Crippen LogP contribution in [-0.2, 0) is 19.6 Å². The van der Waals surface area contributed by atoms with Crippen molar-refractivity contribution in [3.63, 3.8) is 0 Å². The Morgan fingerprint density at radius 3 is 2.87 bits per heavy atom. The molecular formula is C21H22F3N5O2. The molecule has 1 aliphatic rings. The molecule has 3 aromatic rings. The molecule has 164 valence electrons. The summed E-state index contributed by atoms with van der Waals surface area (Å²) in [6, 6.07) is 8.46. The van der Waals surface area contributed by atoms with Gasteiger partial charge in [0.25, 0.3) is 5.91 Å². The molecule has 0 radical (unpaired) electrons. The Morgan fingerprint density at radius 1 is 1.29 bits per heavy atom. The van der Waals surface area contributed by atoms with Crippen LogP contribution in [0.2, 0.25) is 0 Å². The lowest BCUT2D eigenvalue weighted by Crippen LogP contribution is -2.30. The van der Waals surface area contributed by atoms with Crippen molar-refractivity contribution in [2.45, 2.75) is 24.9 Å². The number of carbonyl (C=O) groups excluding carboxylic acids is 1. The number of aryl methyl sites for hydroxylation is 1. The second-order valence-corrected chi connectivity index (χ2v) is 7.52. The maximum absolute atomic E-state index is 12.8. The Hall–Kier alpha value is -3.30. The molecular weight excluding hydrogens is 411 g/mol. The van der Waals surface area contributed by atoms with Crippen molar-refractivity contribution in [3.05, 3.63) is 65.2 Å². The normalized spacial score (nSPS) is 16.6. The molecule has 1 atom stereocenters. The zero-order chi connectivity index (χ0) is 22.0. The molecule has 10 heteroatoms. The third-order valence-corrected chi connectivity index (χ3v) is 5.39. The molecule has 4 rings (SSSR count). The van der Waals surface area contributed by atoms with Crippen LogP contribution in [0, 0.1) is 0 Å². The van der Waals surface area contributed by atoms with Crippen LogP contribution >= 0.6 is 0 Å². The van der Waals surface area contributed by atoms with Gasteiger partial charge in [0, 0.05) is 44.4 Å². The number of ether oxygens (including phenoxy) is 1. The van der Waals surface area contributed by atoms with Gasteiger partial charge in [-0.25, -0.2) is 0 Å². The van der Waals surface area contributed by atoms with Crippen molar-refractivity contribution in [2.24, 2.45) is 7.05 Å². The van der Waals surface area contributed by atoms with Crippen molar-refractivity contribution < 1.29 is 22.7 Å². The fourth-order valence-corrected chi connectivity index (χ4v) is 3.69. The van der Waals surface area contributed by atoms with Crippen molar-refractivity contribution in [1.29, 1.82) is 0 Å². The fourth-order valence-electron chi connectivity index (χ4n) is 3.69. The highest BCUT2D eigenvalue weighted by atomic mass is 19.4. The molecule has 0 saturated carbocycles. The second-order valence-electron chi connectivity index (χ2n) is 7.52. The second kappa shape index (κ2) is 8.44. The number of hydrogen-bond acceptors (Lipinski definition) is 4. The minimum Gasteiger partial charge on any atom is -0.493 e. The van der Waals surface area contributed by atoms with Gasteiger partial charge in [0.05, 0.1) is 17.9 Å². The highest BCUT2D eigenvalue weighted by molar-refractivity contribution is 5.92. The summed E-state index contributed by atoms with van der Waals surface area (Å²) in [5.74, 6) is 0.258. The van der Waals surface area contributed by atoms with Crippen LogP contribution in [0.15, 0.2) is 42.6 Å². The average Bonchev–Trinajstić information content (AvgIpc) is 3.47. The summed E-state index contributed by atoms with van der Waals surface area (Å²) in [7, 11) is 1.74. The van der Waals surface area contributed by atoms with E-state index in [-0.39, 0.29) is 24.2 Å². The molecule has 1 aliphatic heterocycles. The van der Waals surface area contributed by atoms with Crippen LogP contribution in [0.5, 0.6) is 5.75 Å². The van der Waals surface area contributed by atoms with Crippen molar-refractivity contribution in [1.82, 2.24) is 24.9 Å². The lowest BCUT2D eigenvalue weighted by Gasteiger charge is -2.15. The first-order valence-electron chi connectivity index (χ1n) is 9.93. The third-order valence-electron chi connectivity index (χ3n) is 5.39. The number of rotatable bonds is 6. The molecule has 0 spiro atoms. The number of aromatic amines is 1. The van der Waals surface area contributed by atoms with Crippen LogP contribution in [0.1, 0.15) is 39.8 Å². The lowest BCUT2D eigenvalue weighted by atomic mass is 10.0. The Morgan fingerprint density at radius 2 is 2.13 bits per heavy atom. The van der Waals surface area contributed by atoms with Crippen molar-refractivity contribution in [3.8, 4) is 5.75 Å². The molecule has 0 bridgehead atoms. The van der Waals surface area contributed by atoms with Gasteiger partial charge >= 0.3 is 6.18 Å². The summed E-state index contributed by atoms with van der Waals surface area (Å²) < 4.78 is 45.4. The highest BCUT2D eigenvalue weighted by Gasteiger charge is 2.31. The molecule has 2 aromatic heterocycles. The van der Waals surface area contributed by atoms with Gasteiger partial charge in [-0.2, -0.15) is 23.4 Å². The van der Waals surface area contributed by atoms with E-state index in [4.69, 9.17) is 4.74 Å². The number of nitrogens with zero attached hydrogens (tertiary/aromatic N) is 4. The van der Waals surface area contributed by atoms with Crippen molar-refractivity contribution in [2.75, 3.05) is 19.7 Å². The van der Waals surface area contributed by atoms with Crippen LogP contribution in [0.25, 0.3) is 0 Å². The van der Waals surface area contributed by atoms with E-state index in [1.807, 2.05) is 6.07 Å². The first-order chi connectivity index (χ1) is 14.8. The number of nitrogens with one attached hydrogen (secondary N) is 1. The first-order valence-corrected chi connectivity index (χ1v) is 9.93. The molecule has 1 aromatic carbocycles. The van der Waals surface area contributed by atoms with Crippen LogP contribution in [0.3, 0.4) is 0 Å². The minimum absolute atomic E-state index is 0.0484. The third kappa shape index (κ3) is 4.73. The predicted molar refractivity (Wildman–Crippen MR) is 106 cm³/mol. The Labute approximate surface area is 176 Å². The van der Waals surface area contributed by atoms with Gasteiger partial charge in [-0.1, -0.05) is 6.07 Å². The maximum atomic E-state index is 12.8. The number of likely N-dealkylation sites (tertiary alicyclic amines) is 1. The van der Waals surface area contributed by atoms with E-state index in [0.717, 1.165) is 29.9 Å². The number of alkyl halides is 3. The van der Waals surface area contributed by atoms with Gasteiger partial charge in [-0.3, -0.25) is 14.6 Å². The van der Waals surface area contributed by atoms with E-state index in [1.165, 1.54) is 12.1 Å². The zero-order valence-electron chi connectivity index (χ0n) is 16.9. The van der Waals surface area contributed by atoms with Gasteiger partial charge in [-0.05, 0) is 36.8 Å². The Kier molecular flexibility index (Phi) is 5.71. The van der Waals surface area contributed by atoms with Crippen LogP contribution < -0.4 is 4.74 Å². The molecule has 7 nitrogen and oxygen atoms in total. The number of halogens is 3. The van der Waals surface area contributed by atoms with Gasteiger partial charge < -0.3 is 9.64 Å². The van der Waals surface area contributed by atoms with Crippen LogP contribution in [0.4, 0.5) is 13.2 Å². The number of benzene rings is 1. The van der Waals surface area contributed by atoms with E-state index in [9.17, 15) is 18.0 Å². The summed E-state index contributed by atoms with van der Waals surface area (Å²) in [5, 5.41) is 11.4. The largest absolute Gasteiger partial charge is 0.493 e. The van der Waals surface area contributed by atoms with Gasteiger partial charge in [0.2, 0.25) is 0 Å². The predicted octanol–water partition coefficient (Wildman–Crippen LogP) is 3.41. The first kappa shape index (κ1) is 21.0. The number of aromatic nitrogens is 4. The van der Waals surface area contributed by atoms with Crippen molar-refractivity contribution >= 4 is 5.91 Å².